The van der Waals surface area contributed by atoms with E-state index in [2.05, 4.69) is 145 Å². The van der Waals surface area contributed by atoms with Crippen molar-refractivity contribution in [3.8, 4) is 11.1 Å². The average Bonchev–Trinajstić information content (AvgIpc) is 3.73. The van der Waals surface area contributed by atoms with Crippen molar-refractivity contribution < 1.29 is 0 Å². The summed E-state index contributed by atoms with van der Waals surface area (Å²) < 4.78 is 4.99. The zero-order chi connectivity index (χ0) is 28.8. The first-order valence-corrected chi connectivity index (χ1v) is 18.8. The Balaban J connectivity index is 1.33. The van der Waals surface area contributed by atoms with Gasteiger partial charge in [0.25, 0.3) is 0 Å². The third-order valence-corrected chi connectivity index (χ3v) is 12.0. The molecular weight excluding hydrogens is 537 g/mol. The highest BCUT2D eigenvalue weighted by Gasteiger charge is 2.23. The number of nitrogens with zero attached hydrogens (tertiary/aromatic N) is 2. The maximum Gasteiger partial charge on any atom is 0.0776 e. The fourth-order valence-electron chi connectivity index (χ4n) is 7.91. The smallest absolute Gasteiger partial charge is 0.0776 e. The second kappa shape index (κ2) is 7.74. The Labute approximate surface area is 250 Å². The van der Waals surface area contributed by atoms with Gasteiger partial charge in [-0.25, -0.2) is 0 Å². The van der Waals surface area contributed by atoms with Gasteiger partial charge < -0.3 is 8.80 Å². The molecule has 0 radical (unpaired) electrons. The molecule has 0 spiro atoms. The summed E-state index contributed by atoms with van der Waals surface area (Å²) in [5, 5.41) is 12.2. The van der Waals surface area contributed by atoms with Gasteiger partial charge in [-0.2, -0.15) is 0 Å². The normalized spacial score (nSPS) is 13.1. The van der Waals surface area contributed by atoms with Gasteiger partial charge in [0.15, 0.2) is 0 Å². The van der Waals surface area contributed by atoms with Crippen molar-refractivity contribution in [2.45, 2.75) is 26.6 Å². The molecule has 204 valence electrons. The van der Waals surface area contributed by atoms with Crippen LogP contribution in [0.1, 0.15) is 5.56 Å². The topological polar surface area (TPSA) is 8.82 Å². The van der Waals surface area contributed by atoms with Crippen molar-refractivity contribution in [3.05, 3.63) is 115 Å². The number of rotatable bonds is 2. The van der Waals surface area contributed by atoms with Gasteiger partial charge in [-0.1, -0.05) is 97.1 Å². The molecule has 0 saturated carbocycles. The van der Waals surface area contributed by atoms with E-state index in [-0.39, 0.29) is 0 Å². The minimum atomic E-state index is -1.47. The molecule has 4 heterocycles. The molecule has 2 nitrogen and oxygen atoms in total. The van der Waals surface area contributed by atoms with Gasteiger partial charge in [0, 0.05) is 43.1 Å². The molecule has 10 aromatic rings. The lowest BCUT2D eigenvalue weighted by molar-refractivity contribution is 1.36. The van der Waals surface area contributed by atoms with Gasteiger partial charge in [-0.15, -0.1) is 0 Å². The Kier molecular flexibility index (Phi) is 4.26. The minimum Gasteiger partial charge on any atom is -0.308 e. The third kappa shape index (κ3) is 2.93. The maximum absolute atomic E-state index is 2.50. The number of benzene rings is 6. The van der Waals surface area contributed by atoms with E-state index in [1.807, 2.05) is 0 Å². The van der Waals surface area contributed by atoms with Crippen LogP contribution in [-0.2, 0) is 0 Å². The molecule has 10 rings (SSSR count). The highest BCUT2D eigenvalue weighted by atomic mass is 28.3. The van der Waals surface area contributed by atoms with Gasteiger partial charge in [0.1, 0.15) is 0 Å². The van der Waals surface area contributed by atoms with E-state index < -0.39 is 8.07 Å². The zero-order valence-corrected chi connectivity index (χ0v) is 25.8. The van der Waals surface area contributed by atoms with E-state index in [0.29, 0.717) is 0 Å². The summed E-state index contributed by atoms with van der Waals surface area (Å²) in [5.41, 5.74) is 11.7. The molecule has 0 aliphatic carbocycles. The van der Waals surface area contributed by atoms with Crippen LogP contribution in [0.4, 0.5) is 0 Å². The first-order chi connectivity index (χ1) is 20.9. The molecule has 4 aromatic heterocycles. The van der Waals surface area contributed by atoms with Gasteiger partial charge in [-0.05, 0) is 60.5 Å². The molecule has 0 aliphatic heterocycles. The van der Waals surface area contributed by atoms with Crippen LogP contribution in [0.3, 0.4) is 0 Å². The van der Waals surface area contributed by atoms with E-state index in [9.17, 15) is 0 Å². The molecule has 0 aliphatic rings. The fourth-order valence-corrected chi connectivity index (χ4v) is 9.07. The van der Waals surface area contributed by atoms with Crippen molar-refractivity contribution in [2.75, 3.05) is 0 Å². The summed E-state index contributed by atoms with van der Waals surface area (Å²) in [6.07, 6.45) is 0. The number of hydrogen-bond donors (Lipinski definition) is 0. The van der Waals surface area contributed by atoms with Crippen LogP contribution in [0, 0.1) is 6.92 Å². The van der Waals surface area contributed by atoms with E-state index in [0.717, 1.165) is 0 Å². The predicted octanol–water partition coefficient (Wildman–Crippen LogP) is 10.5. The van der Waals surface area contributed by atoms with Crippen molar-refractivity contribution in [1.82, 2.24) is 8.80 Å². The standard InChI is InChI=1S/C40H30N2Si/c1-23-12-16-36-31(18-23)30-10-7-9-29-28-15-13-24(21-38(28)42(36)39(29)30)25-19-33-27-8-5-6-11-35(27)41-37-17-14-26(43(2,3)4)22-32(37)34(20-25)40(33)41/h5-22H,1-4H3. The summed E-state index contributed by atoms with van der Waals surface area (Å²) >= 11 is 0. The maximum atomic E-state index is 2.50. The average molecular weight is 567 g/mol. The molecule has 3 heteroatoms. The van der Waals surface area contributed by atoms with Crippen LogP contribution < -0.4 is 5.19 Å². The summed E-state index contributed by atoms with van der Waals surface area (Å²) in [5.74, 6) is 0. The Hall–Kier alpha value is -4.86. The minimum absolute atomic E-state index is 1.26. The monoisotopic (exact) mass is 566 g/mol. The third-order valence-electron chi connectivity index (χ3n) is 9.97. The lowest BCUT2D eigenvalue weighted by Crippen LogP contribution is -2.37. The Morgan fingerprint density at radius 2 is 1.02 bits per heavy atom. The van der Waals surface area contributed by atoms with Crippen LogP contribution in [-0.4, -0.2) is 16.9 Å². The van der Waals surface area contributed by atoms with Gasteiger partial charge in [0.2, 0.25) is 0 Å². The Bertz CT molecular complexity index is 2770. The van der Waals surface area contributed by atoms with Crippen LogP contribution in [0.15, 0.2) is 109 Å². The SMILES string of the molecule is Cc1ccc2c(c1)c1cccc3c4ccc(-c5cc6c7ccccc7n7c8ccc([Si](C)(C)C)cc8c(c5)c67)cc4n2c13. The quantitative estimate of drug-likeness (QED) is 0.184. The fraction of sp³-hybridized carbons (Fsp3) is 0.100. The van der Waals surface area contributed by atoms with E-state index in [1.165, 1.54) is 98.1 Å². The molecule has 0 atom stereocenters. The molecule has 0 fully saturated rings. The van der Waals surface area contributed by atoms with E-state index in [4.69, 9.17) is 0 Å². The van der Waals surface area contributed by atoms with Gasteiger partial charge >= 0.3 is 0 Å². The molecule has 0 bridgehead atoms. The number of para-hydroxylation sites is 2. The lowest BCUT2D eigenvalue weighted by atomic mass is 9.98. The molecule has 6 aromatic carbocycles. The van der Waals surface area contributed by atoms with E-state index >= 15 is 0 Å². The highest BCUT2D eigenvalue weighted by Crippen LogP contribution is 2.44. The van der Waals surface area contributed by atoms with Crippen LogP contribution in [0.2, 0.25) is 19.6 Å². The summed E-state index contributed by atoms with van der Waals surface area (Å²) in [6.45, 7) is 9.51. The zero-order valence-electron chi connectivity index (χ0n) is 24.8. The number of hydrogen-bond acceptors (Lipinski definition) is 0. The summed E-state index contributed by atoms with van der Waals surface area (Å²) in [4.78, 5) is 0. The van der Waals surface area contributed by atoms with Crippen molar-refractivity contribution in [3.63, 3.8) is 0 Å². The first-order valence-electron chi connectivity index (χ1n) is 15.3. The lowest BCUT2D eigenvalue weighted by Gasteiger charge is -2.16. The molecule has 0 amide bonds. The number of aryl methyl sites for hydroxylation is 1. The Morgan fingerprint density at radius 1 is 0.419 bits per heavy atom. The second-order valence-electron chi connectivity index (χ2n) is 13.5. The molecule has 0 unspecified atom stereocenters. The Morgan fingerprint density at radius 3 is 1.84 bits per heavy atom. The van der Waals surface area contributed by atoms with Crippen LogP contribution >= 0.6 is 0 Å². The first kappa shape index (κ1) is 23.7. The highest BCUT2D eigenvalue weighted by molar-refractivity contribution is 6.88. The second-order valence-corrected chi connectivity index (χ2v) is 18.6. The molecular formula is C40H30N2Si. The van der Waals surface area contributed by atoms with Crippen LogP contribution in [0.5, 0.6) is 0 Å². The summed E-state index contributed by atoms with van der Waals surface area (Å²) in [6, 6.07) is 41.8. The molecule has 0 saturated heterocycles. The predicted molar refractivity (Wildman–Crippen MR) is 189 cm³/mol. The van der Waals surface area contributed by atoms with Crippen molar-refractivity contribution in [2.24, 2.45) is 0 Å². The van der Waals surface area contributed by atoms with Gasteiger partial charge in [0.05, 0.1) is 41.2 Å². The van der Waals surface area contributed by atoms with Crippen molar-refractivity contribution in [1.29, 1.82) is 0 Å². The largest absolute Gasteiger partial charge is 0.308 e. The number of aromatic nitrogens is 2. The number of fused-ring (bicyclic) bond motifs is 12. The van der Waals surface area contributed by atoms with Crippen LogP contribution in [0.25, 0.3) is 87.3 Å². The van der Waals surface area contributed by atoms with Gasteiger partial charge in [-0.3, -0.25) is 0 Å². The molecule has 43 heavy (non-hydrogen) atoms. The molecule has 0 N–H and O–H groups in total. The summed E-state index contributed by atoms with van der Waals surface area (Å²) in [7, 11) is -1.47. The van der Waals surface area contributed by atoms with E-state index in [1.54, 1.807) is 0 Å². The van der Waals surface area contributed by atoms with Crippen molar-refractivity contribution >= 4 is 89.5 Å².